The van der Waals surface area contributed by atoms with Crippen molar-refractivity contribution >= 4 is 30.3 Å². The van der Waals surface area contributed by atoms with E-state index in [1.54, 1.807) is 26.8 Å². The normalized spacial score (nSPS) is 16.8. The van der Waals surface area contributed by atoms with Crippen molar-refractivity contribution in [2.75, 3.05) is 24.6 Å². The van der Waals surface area contributed by atoms with Crippen LogP contribution in [0.5, 0.6) is 0 Å². The number of carbonyl (C=O) groups excluding carboxylic acids is 4. The number of nitrogens with zero attached hydrogens (tertiary/aromatic N) is 1. The zero-order chi connectivity index (χ0) is 23.0. The predicted octanol–water partition coefficient (Wildman–Crippen LogP) is 1.72. The van der Waals surface area contributed by atoms with E-state index in [1.165, 1.54) is 23.1 Å². The van der Waals surface area contributed by atoms with Crippen LogP contribution in [-0.4, -0.2) is 62.0 Å². The molecule has 31 heavy (non-hydrogen) atoms. The van der Waals surface area contributed by atoms with Gasteiger partial charge in [0.25, 0.3) is 6.47 Å². The summed E-state index contributed by atoms with van der Waals surface area (Å²) in [5, 5.41) is 5.02. The van der Waals surface area contributed by atoms with Crippen LogP contribution < -0.4 is 15.5 Å². The van der Waals surface area contributed by atoms with Crippen LogP contribution in [0.4, 0.5) is 19.7 Å². The third kappa shape index (κ3) is 7.76. The fourth-order valence-electron chi connectivity index (χ4n) is 2.77. The highest BCUT2D eigenvalue weighted by molar-refractivity contribution is 5.90. The minimum absolute atomic E-state index is 0.0175. The molecule has 0 aromatic heterocycles. The molecule has 3 amide bonds. The summed E-state index contributed by atoms with van der Waals surface area (Å²) < 4.78 is 28.4. The molecule has 0 spiro atoms. The smallest absolute Gasteiger partial charge is 0.414 e. The van der Waals surface area contributed by atoms with Crippen molar-refractivity contribution in [3.63, 3.8) is 0 Å². The molecule has 1 aliphatic heterocycles. The van der Waals surface area contributed by atoms with Crippen molar-refractivity contribution in [1.82, 2.24) is 10.6 Å². The van der Waals surface area contributed by atoms with Crippen LogP contribution in [0.1, 0.15) is 27.2 Å². The lowest BCUT2D eigenvalue weighted by molar-refractivity contribution is -0.130. The van der Waals surface area contributed by atoms with Crippen LogP contribution in [0.3, 0.4) is 0 Å². The highest BCUT2D eigenvalue weighted by Gasteiger charge is 2.33. The number of hydrogen-bond donors (Lipinski definition) is 2. The molecule has 1 aliphatic rings. The summed E-state index contributed by atoms with van der Waals surface area (Å²) in [4.78, 5) is 48.2. The molecule has 10 nitrogen and oxygen atoms in total. The van der Waals surface area contributed by atoms with Crippen molar-refractivity contribution in [3.8, 4) is 0 Å². The summed E-state index contributed by atoms with van der Waals surface area (Å²) in [6.07, 6.45) is -2.12. The quantitative estimate of drug-likeness (QED) is 0.341. The summed E-state index contributed by atoms with van der Waals surface area (Å²) in [5.74, 6) is -1.06. The van der Waals surface area contributed by atoms with Crippen molar-refractivity contribution in [1.29, 1.82) is 0 Å². The monoisotopic (exact) mass is 439 g/mol. The molecular weight excluding hydrogens is 413 g/mol. The van der Waals surface area contributed by atoms with E-state index in [9.17, 15) is 23.6 Å². The van der Waals surface area contributed by atoms with Gasteiger partial charge in [0.05, 0.1) is 25.4 Å². The van der Waals surface area contributed by atoms with Gasteiger partial charge in [0.15, 0.2) is 0 Å². The topological polar surface area (TPSA) is 123 Å². The van der Waals surface area contributed by atoms with E-state index in [-0.39, 0.29) is 32.6 Å². The molecule has 1 fully saturated rings. The first kappa shape index (κ1) is 23.9. The first-order valence-electron chi connectivity index (χ1n) is 9.65. The maximum atomic E-state index is 13.4. The number of nitrogens with one attached hydrogen (secondary N) is 2. The number of anilines is 1. The lowest BCUT2D eigenvalue weighted by Gasteiger charge is -2.23. The Morgan fingerprint density at radius 2 is 2.13 bits per heavy atom. The van der Waals surface area contributed by atoms with Crippen molar-refractivity contribution in [3.05, 3.63) is 30.1 Å². The van der Waals surface area contributed by atoms with Crippen LogP contribution in [0.15, 0.2) is 24.3 Å². The van der Waals surface area contributed by atoms with Gasteiger partial charge in [-0.25, -0.2) is 14.0 Å². The summed E-state index contributed by atoms with van der Waals surface area (Å²) in [6, 6.07) is 4.47. The Hall–Kier alpha value is -3.37. The van der Waals surface area contributed by atoms with Crippen molar-refractivity contribution in [2.24, 2.45) is 0 Å². The zero-order valence-corrected chi connectivity index (χ0v) is 17.6. The maximum absolute atomic E-state index is 13.4. The predicted molar refractivity (Wildman–Crippen MR) is 107 cm³/mol. The number of rotatable bonds is 9. The van der Waals surface area contributed by atoms with Gasteiger partial charge >= 0.3 is 12.2 Å². The number of amides is 3. The average molecular weight is 439 g/mol. The van der Waals surface area contributed by atoms with Crippen molar-refractivity contribution < 1.29 is 37.8 Å². The number of cyclic esters (lactones) is 1. The molecular formula is C20H26FN3O7. The lowest BCUT2D eigenvalue weighted by atomic mass is 10.2. The van der Waals surface area contributed by atoms with E-state index in [1.807, 2.05) is 0 Å². The molecule has 2 rings (SSSR count). The molecule has 0 unspecified atom stereocenters. The first-order valence-corrected chi connectivity index (χ1v) is 9.65. The van der Waals surface area contributed by atoms with Gasteiger partial charge in [0.1, 0.15) is 23.6 Å². The summed E-state index contributed by atoms with van der Waals surface area (Å²) in [7, 11) is 0. The number of benzene rings is 1. The molecule has 0 radical (unpaired) electrons. The van der Waals surface area contributed by atoms with E-state index in [2.05, 4.69) is 15.4 Å². The summed E-state index contributed by atoms with van der Waals surface area (Å²) >= 11 is 0. The second-order valence-electron chi connectivity index (χ2n) is 7.80. The fraction of sp³-hybridized carbons (Fsp3) is 0.500. The molecule has 1 aromatic carbocycles. The zero-order valence-electron chi connectivity index (χ0n) is 17.6. The molecule has 1 heterocycles. The van der Waals surface area contributed by atoms with Crippen molar-refractivity contribution in [2.45, 2.75) is 44.9 Å². The van der Waals surface area contributed by atoms with Gasteiger partial charge in [0, 0.05) is 6.42 Å². The van der Waals surface area contributed by atoms with E-state index in [4.69, 9.17) is 9.47 Å². The standard InChI is InChI=1S/C20H26FN3O7/c1-20(2,3)31-18(27)23-16(7-8-29-12-25)17(26)22-10-15-11-24(19(28)30-15)14-6-4-5-13(21)9-14/h4-6,9,12,15-16H,7-8,10-11H2,1-3H3,(H,22,26)(H,23,27)/t15-,16-/m0/s1. The molecule has 2 atom stereocenters. The maximum Gasteiger partial charge on any atom is 0.414 e. The van der Waals surface area contributed by atoms with E-state index in [0.717, 1.165) is 0 Å². The Balaban J connectivity index is 1.92. The van der Waals surface area contributed by atoms with E-state index in [0.29, 0.717) is 5.69 Å². The Morgan fingerprint density at radius 3 is 2.77 bits per heavy atom. The van der Waals surface area contributed by atoms with Gasteiger partial charge in [-0.15, -0.1) is 0 Å². The molecule has 0 aliphatic carbocycles. The second-order valence-corrected chi connectivity index (χ2v) is 7.80. The lowest BCUT2D eigenvalue weighted by Crippen LogP contribution is -2.50. The fourth-order valence-corrected chi connectivity index (χ4v) is 2.77. The van der Waals surface area contributed by atoms with E-state index < -0.39 is 41.7 Å². The van der Waals surface area contributed by atoms with Gasteiger partial charge in [-0.1, -0.05) is 6.07 Å². The Morgan fingerprint density at radius 1 is 1.39 bits per heavy atom. The van der Waals surface area contributed by atoms with Gasteiger partial charge in [-0.05, 0) is 39.0 Å². The minimum Gasteiger partial charge on any atom is -0.468 e. The van der Waals surface area contributed by atoms with Crippen LogP contribution >= 0.6 is 0 Å². The number of ether oxygens (including phenoxy) is 3. The highest BCUT2D eigenvalue weighted by atomic mass is 19.1. The number of halogens is 1. The third-order valence-corrected chi connectivity index (χ3v) is 4.10. The summed E-state index contributed by atoms with van der Waals surface area (Å²) in [6.45, 7) is 5.25. The van der Waals surface area contributed by atoms with Gasteiger partial charge in [-0.2, -0.15) is 0 Å². The SMILES string of the molecule is CC(C)(C)OC(=O)N[C@@H](CCOC=O)C(=O)NC[C@H]1CN(c2cccc(F)c2)C(=O)O1. The van der Waals surface area contributed by atoms with Gasteiger partial charge < -0.3 is 24.8 Å². The number of alkyl carbamates (subject to hydrolysis) is 1. The average Bonchev–Trinajstić information content (AvgIpc) is 3.04. The number of hydrogen-bond acceptors (Lipinski definition) is 7. The number of carbonyl (C=O) groups is 4. The Bertz CT molecular complexity index is 812. The second kappa shape index (κ2) is 10.6. The summed E-state index contributed by atoms with van der Waals surface area (Å²) in [5.41, 5.74) is -0.419. The van der Waals surface area contributed by atoms with Crippen LogP contribution in [0.2, 0.25) is 0 Å². The highest BCUT2D eigenvalue weighted by Crippen LogP contribution is 2.22. The van der Waals surface area contributed by atoms with E-state index >= 15 is 0 Å². The van der Waals surface area contributed by atoms with Gasteiger partial charge in [-0.3, -0.25) is 14.5 Å². The molecule has 0 saturated carbocycles. The Kier molecular flexibility index (Phi) is 8.17. The molecule has 1 aromatic rings. The minimum atomic E-state index is -1.04. The van der Waals surface area contributed by atoms with Crippen LogP contribution in [0, 0.1) is 5.82 Å². The van der Waals surface area contributed by atoms with Gasteiger partial charge in [0.2, 0.25) is 5.91 Å². The largest absolute Gasteiger partial charge is 0.468 e. The van der Waals surface area contributed by atoms with Crippen LogP contribution in [-0.2, 0) is 23.8 Å². The molecule has 2 N–H and O–H groups in total. The third-order valence-electron chi connectivity index (χ3n) is 4.10. The molecule has 1 saturated heterocycles. The Labute approximate surface area is 179 Å². The van der Waals surface area contributed by atoms with Crippen LogP contribution in [0.25, 0.3) is 0 Å². The molecule has 0 bridgehead atoms. The molecule has 170 valence electrons. The first-order chi connectivity index (χ1) is 14.6. The molecule has 11 heteroatoms.